The average Bonchev–Trinajstić information content (AvgIpc) is 2.77. The molecule has 0 saturated heterocycles. The van der Waals surface area contributed by atoms with Gasteiger partial charge in [-0.15, -0.1) is 0 Å². The summed E-state index contributed by atoms with van der Waals surface area (Å²) in [5, 5.41) is 0. The minimum Gasteiger partial charge on any atom is -1.00 e. The van der Waals surface area contributed by atoms with Crippen LogP contribution < -0.4 is 17.0 Å². The smallest absolute Gasteiger partial charge is 0.0786 e. The van der Waals surface area contributed by atoms with Crippen molar-refractivity contribution in [3.05, 3.63) is 0 Å². The zero-order chi connectivity index (χ0) is 22.9. The lowest BCUT2D eigenvalue weighted by Crippen LogP contribution is -3.00. The van der Waals surface area contributed by atoms with Gasteiger partial charge in [-0.1, -0.05) is 118 Å². The second kappa shape index (κ2) is 27.7. The van der Waals surface area contributed by atoms with Gasteiger partial charge in [0.25, 0.3) is 0 Å². The third kappa shape index (κ3) is 22.2. The summed E-state index contributed by atoms with van der Waals surface area (Å²) < 4.78 is 1.46. The molecule has 0 N–H and O–H groups in total. The van der Waals surface area contributed by atoms with E-state index in [4.69, 9.17) is 0 Å². The second-order valence-electron chi connectivity index (χ2n) is 10.6. The van der Waals surface area contributed by atoms with Crippen molar-refractivity contribution in [2.24, 2.45) is 0 Å². The molecule has 0 aromatic carbocycles. The molecule has 0 unspecified atom stereocenters. The van der Waals surface area contributed by atoms with Crippen LogP contribution in [-0.2, 0) is 0 Å². The predicted molar refractivity (Wildman–Crippen MR) is 144 cm³/mol. The molecule has 0 aromatic rings. The van der Waals surface area contributed by atoms with E-state index in [0.29, 0.717) is 0 Å². The fraction of sp³-hybridized carbons (Fsp3) is 1.00. The minimum absolute atomic E-state index is 0. The number of unbranched alkanes of at least 4 members (excludes halogenated alkanes) is 18. The molecule has 196 valence electrons. The number of quaternary nitrogens is 1. The standard InChI is InChI=1S/C30H64N.BrH/c1-5-9-13-15-17-19-21-25-29-31(27-23-11-7-3,28-24-12-8-4)30-26-22-20-18-16-14-10-6-2;/h5-30H2,1-4H3;1H/q+1;/p-1. The molecule has 0 heterocycles. The molecule has 0 amide bonds. The van der Waals surface area contributed by atoms with Crippen LogP contribution in [0, 0.1) is 0 Å². The first-order chi connectivity index (χ1) is 15.2. The van der Waals surface area contributed by atoms with Gasteiger partial charge in [0.2, 0.25) is 0 Å². The highest BCUT2D eigenvalue weighted by Gasteiger charge is 2.25. The maximum atomic E-state index is 2.36. The van der Waals surface area contributed by atoms with Crippen molar-refractivity contribution in [1.82, 2.24) is 0 Å². The topological polar surface area (TPSA) is 0 Å². The maximum absolute atomic E-state index is 2.36. The van der Waals surface area contributed by atoms with E-state index in [1.54, 1.807) is 0 Å². The van der Waals surface area contributed by atoms with Gasteiger partial charge in [0.15, 0.2) is 0 Å². The van der Waals surface area contributed by atoms with E-state index in [9.17, 15) is 0 Å². The predicted octanol–water partition coefficient (Wildman–Crippen LogP) is 7.47. The average molecular weight is 519 g/mol. The molecular weight excluding hydrogens is 454 g/mol. The van der Waals surface area contributed by atoms with Crippen LogP contribution in [0.1, 0.15) is 169 Å². The third-order valence-corrected chi connectivity index (χ3v) is 7.44. The van der Waals surface area contributed by atoms with E-state index in [1.165, 1.54) is 172 Å². The largest absolute Gasteiger partial charge is 1.00 e. The maximum Gasteiger partial charge on any atom is 0.0786 e. The summed E-state index contributed by atoms with van der Waals surface area (Å²) in [6, 6.07) is 0. The first-order valence-corrected chi connectivity index (χ1v) is 15.1. The van der Waals surface area contributed by atoms with E-state index in [1.807, 2.05) is 0 Å². The molecule has 2 heteroatoms. The first kappa shape index (κ1) is 34.6. The van der Waals surface area contributed by atoms with Crippen LogP contribution in [0.2, 0.25) is 0 Å². The molecule has 0 fully saturated rings. The van der Waals surface area contributed by atoms with Gasteiger partial charge in [-0.05, 0) is 51.4 Å². The Morgan fingerprint density at radius 3 is 0.750 bits per heavy atom. The van der Waals surface area contributed by atoms with Crippen molar-refractivity contribution in [3.63, 3.8) is 0 Å². The monoisotopic (exact) mass is 517 g/mol. The molecular formula is C30H64BrN. The molecule has 0 bridgehead atoms. The fourth-order valence-electron chi connectivity index (χ4n) is 5.23. The zero-order valence-corrected chi connectivity index (χ0v) is 24.8. The van der Waals surface area contributed by atoms with Crippen molar-refractivity contribution >= 4 is 0 Å². The highest BCUT2D eigenvalue weighted by atomic mass is 79.9. The van der Waals surface area contributed by atoms with Gasteiger partial charge in [-0.3, -0.25) is 0 Å². The van der Waals surface area contributed by atoms with E-state index in [2.05, 4.69) is 27.7 Å². The van der Waals surface area contributed by atoms with Crippen molar-refractivity contribution in [2.45, 2.75) is 169 Å². The van der Waals surface area contributed by atoms with Crippen LogP contribution in [0.4, 0.5) is 0 Å². The Morgan fingerprint density at radius 1 is 0.281 bits per heavy atom. The van der Waals surface area contributed by atoms with Gasteiger partial charge < -0.3 is 21.5 Å². The van der Waals surface area contributed by atoms with Crippen LogP contribution in [-0.4, -0.2) is 30.7 Å². The molecule has 0 aliphatic rings. The van der Waals surface area contributed by atoms with Crippen molar-refractivity contribution in [2.75, 3.05) is 26.2 Å². The fourth-order valence-corrected chi connectivity index (χ4v) is 5.23. The van der Waals surface area contributed by atoms with Gasteiger partial charge >= 0.3 is 0 Å². The van der Waals surface area contributed by atoms with E-state index < -0.39 is 0 Å². The molecule has 0 radical (unpaired) electrons. The zero-order valence-electron chi connectivity index (χ0n) is 23.2. The number of nitrogens with zero attached hydrogens (tertiary/aromatic N) is 1. The molecule has 0 aliphatic carbocycles. The quantitative estimate of drug-likeness (QED) is 0.0823. The van der Waals surface area contributed by atoms with Gasteiger partial charge in [0.1, 0.15) is 0 Å². The summed E-state index contributed by atoms with van der Waals surface area (Å²) in [5.74, 6) is 0. The lowest BCUT2D eigenvalue weighted by atomic mass is 10.0. The summed E-state index contributed by atoms with van der Waals surface area (Å²) >= 11 is 0. The van der Waals surface area contributed by atoms with E-state index in [-0.39, 0.29) is 17.0 Å². The summed E-state index contributed by atoms with van der Waals surface area (Å²) in [7, 11) is 0. The number of hydrogen-bond donors (Lipinski definition) is 0. The second-order valence-corrected chi connectivity index (χ2v) is 10.6. The first-order valence-electron chi connectivity index (χ1n) is 15.1. The summed E-state index contributed by atoms with van der Waals surface area (Å²) in [4.78, 5) is 0. The molecule has 0 spiro atoms. The molecule has 0 saturated carbocycles. The third-order valence-electron chi connectivity index (χ3n) is 7.44. The van der Waals surface area contributed by atoms with Crippen molar-refractivity contribution in [1.29, 1.82) is 0 Å². The molecule has 0 atom stereocenters. The van der Waals surface area contributed by atoms with Gasteiger partial charge in [-0.25, -0.2) is 0 Å². The molecule has 0 aromatic heterocycles. The summed E-state index contributed by atoms with van der Waals surface area (Å²) in [6.45, 7) is 15.2. The van der Waals surface area contributed by atoms with Crippen LogP contribution in [0.15, 0.2) is 0 Å². The highest BCUT2D eigenvalue weighted by molar-refractivity contribution is 4.54. The van der Waals surface area contributed by atoms with E-state index >= 15 is 0 Å². The normalized spacial score (nSPS) is 11.6. The highest BCUT2D eigenvalue weighted by Crippen LogP contribution is 2.20. The summed E-state index contributed by atoms with van der Waals surface area (Å²) in [6.07, 6.45) is 31.8. The molecule has 1 nitrogen and oxygen atoms in total. The Morgan fingerprint density at radius 2 is 0.469 bits per heavy atom. The lowest BCUT2D eigenvalue weighted by molar-refractivity contribution is -0.929. The number of rotatable bonds is 26. The minimum atomic E-state index is 0. The molecule has 0 rings (SSSR count). The van der Waals surface area contributed by atoms with E-state index in [0.717, 1.165) is 0 Å². The SMILES string of the molecule is CCCCCCCCCC[N+](CCCCC)(CCCCC)CCCCCCCCCC.[Br-]. The van der Waals surface area contributed by atoms with Gasteiger partial charge in [0.05, 0.1) is 26.2 Å². The summed E-state index contributed by atoms with van der Waals surface area (Å²) in [5.41, 5.74) is 0. The van der Waals surface area contributed by atoms with Gasteiger partial charge in [-0.2, -0.15) is 0 Å². The Hall–Kier alpha value is 0.440. The van der Waals surface area contributed by atoms with Crippen molar-refractivity contribution < 1.29 is 21.5 Å². The lowest BCUT2D eigenvalue weighted by Gasteiger charge is -2.39. The Kier molecular flexibility index (Phi) is 29.9. The number of hydrogen-bond acceptors (Lipinski definition) is 0. The Labute approximate surface area is 216 Å². The van der Waals surface area contributed by atoms with Crippen molar-refractivity contribution in [3.8, 4) is 0 Å². The van der Waals surface area contributed by atoms with Gasteiger partial charge in [0, 0.05) is 0 Å². The van der Waals surface area contributed by atoms with Crippen LogP contribution >= 0.6 is 0 Å². The number of halogens is 1. The van der Waals surface area contributed by atoms with Crippen LogP contribution in [0.5, 0.6) is 0 Å². The Balaban J connectivity index is 0. The Bertz CT molecular complexity index is 299. The molecule has 32 heavy (non-hydrogen) atoms. The van der Waals surface area contributed by atoms with Crippen LogP contribution in [0.3, 0.4) is 0 Å². The molecule has 0 aliphatic heterocycles. The van der Waals surface area contributed by atoms with Crippen LogP contribution in [0.25, 0.3) is 0 Å².